The number of phenols is 1. The highest BCUT2D eigenvalue weighted by atomic mass is 32.1. The molecule has 4 rings (SSSR count). The summed E-state index contributed by atoms with van der Waals surface area (Å²) in [6.45, 7) is 5.63. The summed E-state index contributed by atoms with van der Waals surface area (Å²) in [6, 6.07) is 13.8. The molecule has 7 heteroatoms. The lowest BCUT2D eigenvalue weighted by atomic mass is 10.1. The third-order valence-corrected chi connectivity index (χ3v) is 6.00. The zero-order valence-electron chi connectivity index (χ0n) is 15.8. The summed E-state index contributed by atoms with van der Waals surface area (Å²) in [4.78, 5) is 20.5. The van der Waals surface area contributed by atoms with E-state index in [2.05, 4.69) is 11.0 Å². The summed E-state index contributed by atoms with van der Waals surface area (Å²) >= 11 is 1.65. The van der Waals surface area contributed by atoms with Crippen LogP contribution in [-0.2, 0) is 11.3 Å². The van der Waals surface area contributed by atoms with Gasteiger partial charge in [-0.2, -0.15) is 0 Å². The molecule has 1 saturated heterocycles. The lowest BCUT2D eigenvalue weighted by Crippen LogP contribution is -2.48. The number of carbonyl (C=O) groups excluding carboxylic acids is 1. The van der Waals surface area contributed by atoms with Crippen LogP contribution in [0.15, 0.2) is 42.5 Å². The van der Waals surface area contributed by atoms with Gasteiger partial charge in [-0.1, -0.05) is 12.1 Å². The van der Waals surface area contributed by atoms with Crippen molar-refractivity contribution >= 4 is 27.6 Å². The van der Waals surface area contributed by atoms with Crippen LogP contribution in [0.2, 0.25) is 0 Å². The molecular weight excluding hydrogens is 374 g/mol. The molecule has 146 valence electrons. The lowest BCUT2D eigenvalue weighted by molar-refractivity contribution is 0.0776. The van der Waals surface area contributed by atoms with Crippen LogP contribution < -0.4 is 0 Å². The fraction of sp³-hybridized carbons (Fsp3) is 0.333. The number of aromatic nitrogens is 1. The van der Waals surface area contributed by atoms with E-state index in [1.54, 1.807) is 22.3 Å². The summed E-state index contributed by atoms with van der Waals surface area (Å²) in [6.07, 6.45) is -0.247. The van der Waals surface area contributed by atoms with Crippen LogP contribution >= 0.6 is 11.3 Å². The average molecular weight is 398 g/mol. The molecule has 2 aromatic carbocycles. The third-order valence-electron chi connectivity index (χ3n) is 4.91. The first-order valence-electron chi connectivity index (χ1n) is 9.46. The van der Waals surface area contributed by atoms with Gasteiger partial charge in [0.2, 0.25) is 0 Å². The molecular formula is C21H23N3O3S. The van der Waals surface area contributed by atoms with Gasteiger partial charge in [0, 0.05) is 43.9 Å². The van der Waals surface area contributed by atoms with E-state index >= 15 is 0 Å². The molecule has 1 fully saturated rings. The smallest absolute Gasteiger partial charge is 0.409 e. The number of amides is 1. The van der Waals surface area contributed by atoms with E-state index in [9.17, 15) is 9.90 Å². The van der Waals surface area contributed by atoms with Crippen LogP contribution in [0.1, 0.15) is 12.5 Å². The maximum Gasteiger partial charge on any atom is 0.409 e. The van der Waals surface area contributed by atoms with E-state index < -0.39 is 0 Å². The van der Waals surface area contributed by atoms with E-state index in [-0.39, 0.29) is 11.8 Å². The fourth-order valence-corrected chi connectivity index (χ4v) is 4.35. The zero-order valence-corrected chi connectivity index (χ0v) is 16.6. The number of fused-ring (bicyclic) bond motifs is 1. The number of hydrogen-bond acceptors (Lipinski definition) is 6. The Morgan fingerprint density at radius 1 is 1.18 bits per heavy atom. The van der Waals surface area contributed by atoms with Crippen LogP contribution in [0.5, 0.6) is 5.75 Å². The molecule has 6 nitrogen and oxygen atoms in total. The van der Waals surface area contributed by atoms with Gasteiger partial charge in [-0.05, 0) is 37.3 Å². The normalized spacial score (nSPS) is 15.1. The minimum absolute atomic E-state index is 0.247. The van der Waals surface area contributed by atoms with Gasteiger partial charge >= 0.3 is 6.09 Å². The molecule has 3 aromatic rings. The molecule has 1 aliphatic rings. The van der Waals surface area contributed by atoms with Crippen molar-refractivity contribution in [3.63, 3.8) is 0 Å². The van der Waals surface area contributed by atoms with Crippen molar-refractivity contribution in [2.75, 3.05) is 32.8 Å². The van der Waals surface area contributed by atoms with Gasteiger partial charge < -0.3 is 14.7 Å². The van der Waals surface area contributed by atoms with E-state index in [4.69, 9.17) is 9.72 Å². The summed E-state index contributed by atoms with van der Waals surface area (Å²) < 4.78 is 6.22. The van der Waals surface area contributed by atoms with Crippen molar-refractivity contribution in [2.45, 2.75) is 13.5 Å². The summed E-state index contributed by atoms with van der Waals surface area (Å²) in [5.41, 5.74) is 2.88. The van der Waals surface area contributed by atoms with Gasteiger partial charge in [0.25, 0.3) is 0 Å². The number of para-hydroxylation sites is 1. The Kier molecular flexibility index (Phi) is 5.45. The number of phenolic OH excluding ortho intramolecular Hbond substituents is 1. The van der Waals surface area contributed by atoms with Gasteiger partial charge in [0.15, 0.2) is 0 Å². The van der Waals surface area contributed by atoms with Gasteiger partial charge in [0.05, 0.1) is 16.8 Å². The lowest BCUT2D eigenvalue weighted by Gasteiger charge is -2.34. The number of rotatable bonds is 4. The molecule has 1 aromatic heterocycles. The molecule has 1 aliphatic heterocycles. The number of ether oxygens (including phenoxy) is 1. The molecule has 0 bridgehead atoms. The Hall–Kier alpha value is -2.64. The highest BCUT2D eigenvalue weighted by Crippen LogP contribution is 2.32. The molecule has 28 heavy (non-hydrogen) atoms. The Balaban J connectivity index is 1.47. The number of nitrogens with zero attached hydrogens (tertiary/aromatic N) is 3. The first kappa shape index (κ1) is 18.7. The van der Waals surface area contributed by atoms with Crippen LogP contribution in [-0.4, -0.2) is 58.8 Å². The van der Waals surface area contributed by atoms with Crippen molar-refractivity contribution in [1.82, 2.24) is 14.8 Å². The van der Waals surface area contributed by atoms with E-state index in [1.165, 1.54) is 0 Å². The maximum atomic E-state index is 11.8. The van der Waals surface area contributed by atoms with E-state index in [1.807, 2.05) is 37.3 Å². The number of carbonyl (C=O) groups is 1. The molecule has 0 saturated carbocycles. The second-order valence-electron chi connectivity index (χ2n) is 6.79. The number of piperazine rings is 1. The van der Waals surface area contributed by atoms with Crippen molar-refractivity contribution in [2.24, 2.45) is 0 Å². The Morgan fingerprint density at radius 3 is 2.71 bits per heavy atom. The quantitative estimate of drug-likeness (QED) is 0.722. The largest absolute Gasteiger partial charge is 0.508 e. The molecule has 1 amide bonds. The van der Waals surface area contributed by atoms with Gasteiger partial charge in [0.1, 0.15) is 10.8 Å². The van der Waals surface area contributed by atoms with Crippen molar-refractivity contribution in [1.29, 1.82) is 0 Å². The zero-order chi connectivity index (χ0) is 19.5. The van der Waals surface area contributed by atoms with Gasteiger partial charge in [-0.25, -0.2) is 9.78 Å². The fourth-order valence-electron chi connectivity index (χ4n) is 3.39. The van der Waals surface area contributed by atoms with Crippen molar-refractivity contribution in [3.05, 3.63) is 48.0 Å². The first-order valence-corrected chi connectivity index (χ1v) is 10.3. The molecule has 0 aliphatic carbocycles. The molecule has 0 radical (unpaired) electrons. The number of aromatic hydroxyl groups is 1. The summed E-state index contributed by atoms with van der Waals surface area (Å²) in [5.74, 6) is 0.290. The van der Waals surface area contributed by atoms with E-state index in [0.717, 1.165) is 39.4 Å². The van der Waals surface area contributed by atoms with Gasteiger partial charge in [-0.15, -0.1) is 11.3 Å². The topological polar surface area (TPSA) is 65.9 Å². The van der Waals surface area contributed by atoms with Crippen molar-refractivity contribution in [3.8, 4) is 16.3 Å². The molecule has 0 unspecified atom stereocenters. The third kappa shape index (κ3) is 3.95. The number of hydrogen-bond donors (Lipinski definition) is 1. The number of thiazole rings is 1. The highest BCUT2D eigenvalue weighted by Gasteiger charge is 2.22. The minimum Gasteiger partial charge on any atom is -0.508 e. The van der Waals surface area contributed by atoms with Crippen molar-refractivity contribution < 1.29 is 14.6 Å². The Labute approximate surface area is 168 Å². The maximum absolute atomic E-state index is 11.8. The first-order chi connectivity index (χ1) is 13.6. The second-order valence-corrected chi connectivity index (χ2v) is 7.82. The van der Waals surface area contributed by atoms with E-state index in [0.29, 0.717) is 26.2 Å². The van der Waals surface area contributed by atoms with Crippen LogP contribution in [0.3, 0.4) is 0 Å². The average Bonchev–Trinajstić information content (AvgIpc) is 3.14. The van der Waals surface area contributed by atoms with Crippen LogP contribution in [0.4, 0.5) is 4.79 Å². The monoisotopic (exact) mass is 397 g/mol. The highest BCUT2D eigenvalue weighted by molar-refractivity contribution is 7.21. The molecule has 0 atom stereocenters. The standard InChI is InChI=1S/C21H23N3O3S/c1-2-27-21(26)24-11-9-23(10-12-24)14-16-13-15(7-8-18(16)25)20-22-17-5-3-4-6-19(17)28-20/h3-8,13,25H,2,9-12,14H2,1H3. The van der Waals surface area contributed by atoms with Crippen LogP contribution in [0, 0.1) is 0 Å². The molecule has 0 spiro atoms. The summed E-state index contributed by atoms with van der Waals surface area (Å²) in [5, 5.41) is 11.3. The SMILES string of the molecule is CCOC(=O)N1CCN(Cc2cc(-c3nc4ccccc4s3)ccc2O)CC1. The number of benzene rings is 2. The Bertz CT molecular complexity index is 947. The van der Waals surface area contributed by atoms with Gasteiger partial charge in [-0.3, -0.25) is 4.90 Å². The predicted molar refractivity (Wildman–Crippen MR) is 111 cm³/mol. The second kappa shape index (κ2) is 8.16. The molecule has 2 heterocycles. The Morgan fingerprint density at radius 2 is 1.96 bits per heavy atom. The summed E-state index contributed by atoms with van der Waals surface area (Å²) in [7, 11) is 0. The van der Waals surface area contributed by atoms with Crippen LogP contribution in [0.25, 0.3) is 20.8 Å². The molecule has 1 N–H and O–H groups in total. The predicted octanol–water partition coefficient (Wildman–Crippen LogP) is 3.94. The minimum atomic E-state index is -0.247.